The van der Waals surface area contributed by atoms with Crippen molar-refractivity contribution >= 4 is 23.1 Å². The summed E-state index contributed by atoms with van der Waals surface area (Å²) in [4.78, 5) is 16.4. The third kappa shape index (κ3) is 3.15. The van der Waals surface area contributed by atoms with Gasteiger partial charge in [0.25, 0.3) is 0 Å². The smallest absolute Gasteiger partial charge is 0.380 e. The third-order valence-electron chi connectivity index (χ3n) is 2.09. The second-order valence-corrected chi connectivity index (χ2v) is 4.44. The van der Waals surface area contributed by atoms with Crippen LogP contribution in [0.15, 0.2) is 28.7 Å². The number of nitrogens with one attached hydrogen (secondary N) is 1. The van der Waals surface area contributed by atoms with Crippen molar-refractivity contribution in [3.63, 3.8) is 0 Å². The first-order valence-corrected chi connectivity index (χ1v) is 5.97. The van der Waals surface area contributed by atoms with Crippen LogP contribution in [0.25, 0.3) is 0 Å². The van der Waals surface area contributed by atoms with Crippen molar-refractivity contribution in [1.29, 1.82) is 0 Å². The minimum Gasteiger partial charge on any atom is -0.380 e. The summed E-state index contributed by atoms with van der Waals surface area (Å²) < 4.78 is 36.9. The molecule has 0 spiro atoms. The predicted molar refractivity (Wildman–Crippen MR) is 64.0 cm³/mol. The summed E-state index contributed by atoms with van der Waals surface area (Å²) in [7, 11) is 0. The van der Waals surface area contributed by atoms with E-state index >= 15 is 0 Å². The number of aromatic nitrogens is 2. The van der Waals surface area contributed by atoms with E-state index in [1.54, 1.807) is 22.6 Å². The van der Waals surface area contributed by atoms with Gasteiger partial charge in [-0.1, -0.05) is 11.2 Å². The molecule has 2 aromatic rings. The van der Waals surface area contributed by atoms with Crippen molar-refractivity contribution in [2.75, 3.05) is 0 Å². The molecule has 0 atom stereocenters. The van der Waals surface area contributed by atoms with Crippen LogP contribution in [0.4, 0.5) is 13.2 Å². The maximum absolute atomic E-state index is 12.3. The van der Waals surface area contributed by atoms with E-state index in [2.05, 4.69) is 15.1 Å². The van der Waals surface area contributed by atoms with Crippen molar-refractivity contribution in [2.24, 2.45) is 10.9 Å². The summed E-state index contributed by atoms with van der Waals surface area (Å²) >= 11 is 1.27. The number of aromatic amines is 1. The lowest BCUT2D eigenvalue weighted by Gasteiger charge is -1.99. The first kappa shape index (κ1) is 14.1. The summed E-state index contributed by atoms with van der Waals surface area (Å²) in [6.07, 6.45) is -4.62. The van der Waals surface area contributed by atoms with Gasteiger partial charge in [-0.15, -0.1) is 11.3 Å². The van der Waals surface area contributed by atoms with Crippen LogP contribution in [0.3, 0.4) is 0 Å². The number of thiophene rings is 1. The Bertz CT molecular complexity index is 633. The number of carbonyl (C=O) groups is 1. The molecule has 2 aromatic heterocycles. The van der Waals surface area contributed by atoms with Crippen LogP contribution in [-0.2, 0) is 11.0 Å². The molecule has 0 bridgehead atoms. The first-order valence-electron chi connectivity index (χ1n) is 5.09. The molecule has 0 radical (unpaired) electrons. The van der Waals surface area contributed by atoms with Crippen LogP contribution in [0.1, 0.15) is 21.1 Å². The normalized spacial score (nSPS) is 12.4. The van der Waals surface area contributed by atoms with E-state index in [4.69, 9.17) is 5.73 Å². The van der Waals surface area contributed by atoms with Gasteiger partial charge in [0.2, 0.25) is 0 Å². The fraction of sp³-hybridized carbons (Fsp3) is 0.100. The van der Waals surface area contributed by atoms with E-state index in [1.807, 2.05) is 0 Å². The molecule has 0 aliphatic heterocycles. The molecule has 0 unspecified atom stereocenters. The van der Waals surface area contributed by atoms with Crippen molar-refractivity contribution in [1.82, 2.24) is 10.2 Å². The van der Waals surface area contributed by atoms with Crippen molar-refractivity contribution in [3.8, 4) is 0 Å². The van der Waals surface area contributed by atoms with Crippen LogP contribution in [0, 0.1) is 0 Å². The van der Waals surface area contributed by atoms with Crippen molar-refractivity contribution in [2.45, 2.75) is 6.18 Å². The van der Waals surface area contributed by atoms with E-state index in [1.165, 1.54) is 11.3 Å². The average Bonchev–Trinajstić information content (AvgIpc) is 3.04. The zero-order valence-corrected chi connectivity index (χ0v) is 10.5. The van der Waals surface area contributed by atoms with Gasteiger partial charge in [0.1, 0.15) is 5.69 Å². The number of nitrogens with two attached hydrogens (primary N) is 1. The minimum absolute atomic E-state index is 0.0556. The highest BCUT2D eigenvalue weighted by Gasteiger charge is 2.34. The average molecular weight is 304 g/mol. The summed E-state index contributed by atoms with van der Waals surface area (Å²) in [5.41, 5.74) is 3.82. The number of alkyl halides is 3. The summed E-state index contributed by atoms with van der Waals surface area (Å²) in [5.74, 6) is -1.20. The Morgan fingerprint density at radius 2 is 2.25 bits per heavy atom. The van der Waals surface area contributed by atoms with E-state index in [-0.39, 0.29) is 5.84 Å². The van der Waals surface area contributed by atoms with Crippen LogP contribution in [-0.4, -0.2) is 22.0 Å². The maximum Gasteiger partial charge on any atom is 0.432 e. The number of oxime groups is 1. The van der Waals surface area contributed by atoms with Crippen LogP contribution < -0.4 is 5.73 Å². The van der Waals surface area contributed by atoms with Gasteiger partial charge >= 0.3 is 12.1 Å². The fourth-order valence-electron chi connectivity index (χ4n) is 1.18. The summed E-state index contributed by atoms with van der Waals surface area (Å²) in [6, 6.07) is 3.89. The van der Waals surface area contributed by atoms with Gasteiger partial charge in [0.15, 0.2) is 11.5 Å². The number of rotatable bonds is 3. The zero-order chi connectivity index (χ0) is 14.8. The lowest BCUT2D eigenvalue weighted by molar-refractivity contribution is -0.141. The SMILES string of the molecule is N/C(=N\OC(=O)c1cc(C(F)(F)F)[nH]n1)c1cccs1. The van der Waals surface area contributed by atoms with Gasteiger partial charge in [-0.3, -0.25) is 5.10 Å². The molecule has 0 aliphatic rings. The number of carbonyl (C=O) groups excluding carboxylic acids is 1. The van der Waals surface area contributed by atoms with E-state index < -0.39 is 23.5 Å². The molecule has 106 valence electrons. The minimum atomic E-state index is -4.62. The lowest BCUT2D eigenvalue weighted by atomic mass is 10.3. The molecule has 3 N–H and O–H groups in total. The monoisotopic (exact) mass is 304 g/mol. The standard InChI is InChI=1S/C10H7F3N4O2S/c11-10(12,13)7-4-5(15-16-7)9(18)19-17-8(14)6-2-1-3-20-6/h1-4H,(H2,14,17)(H,15,16). The Balaban J connectivity index is 2.06. The Morgan fingerprint density at radius 1 is 1.50 bits per heavy atom. The van der Waals surface area contributed by atoms with Gasteiger partial charge in [-0.05, 0) is 11.4 Å². The molecular formula is C10H7F3N4O2S. The van der Waals surface area contributed by atoms with Crippen LogP contribution >= 0.6 is 11.3 Å². The summed E-state index contributed by atoms with van der Waals surface area (Å²) in [5, 5.41) is 9.96. The number of hydrogen-bond acceptors (Lipinski definition) is 5. The predicted octanol–water partition coefficient (Wildman–Crippen LogP) is 1.97. The Morgan fingerprint density at radius 3 is 2.80 bits per heavy atom. The fourth-order valence-corrected chi connectivity index (χ4v) is 1.80. The quantitative estimate of drug-likeness (QED) is 0.392. The molecule has 2 heterocycles. The molecule has 20 heavy (non-hydrogen) atoms. The van der Waals surface area contributed by atoms with Crippen LogP contribution in [0.5, 0.6) is 0 Å². The molecule has 0 saturated heterocycles. The van der Waals surface area contributed by atoms with Gasteiger partial charge in [0.05, 0.1) is 4.88 Å². The largest absolute Gasteiger partial charge is 0.432 e. The second-order valence-electron chi connectivity index (χ2n) is 3.50. The molecule has 0 fully saturated rings. The zero-order valence-electron chi connectivity index (χ0n) is 9.64. The number of amidine groups is 1. The van der Waals surface area contributed by atoms with Crippen LogP contribution in [0.2, 0.25) is 0 Å². The first-order chi connectivity index (χ1) is 9.38. The number of halogens is 3. The Hall–Kier alpha value is -2.36. The topological polar surface area (TPSA) is 93.4 Å². The van der Waals surface area contributed by atoms with E-state index in [9.17, 15) is 18.0 Å². The molecule has 0 aromatic carbocycles. The molecule has 0 aliphatic carbocycles. The Labute approximate surface area is 114 Å². The second kappa shape index (κ2) is 5.33. The molecule has 10 heteroatoms. The summed E-state index contributed by atoms with van der Waals surface area (Å²) in [6.45, 7) is 0. The van der Waals surface area contributed by atoms with E-state index in [0.29, 0.717) is 10.9 Å². The highest BCUT2D eigenvalue weighted by molar-refractivity contribution is 7.12. The molecule has 0 saturated carbocycles. The maximum atomic E-state index is 12.3. The van der Waals surface area contributed by atoms with Gasteiger partial charge < -0.3 is 10.6 Å². The van der Waals surface area contributed by atoms with Gasteiger partial charge in [-0.2, -0.15) is 18.3 Å². The highest BCUT2D eigenvalue weighted by atomic mass is 32.1. The van der Waals surface area contributed by atoms with Crippen molar-refractivity contribution < 1.29 is 22.8 Å². The number of nitrogens with zero attached hydrogens (tertiary/aromatic N) is 2. The number of H-pyrrole nitrogens is 1. The molecule has 0 amide bonds. The van der Waals surface area contributed by atoms with Gasteiger partial charge in [0, 0.05) is 6.07 Å². The van der Waals surface area contributed by atoms with E-state index in [0.717, 1.165) is 0 Å². The van der Waals surface area contributed by atoms with Gasteiger partial charge in [-0.25, -0.2) is 4.79 Å². The molecule has 6 nitrogen and oxygen atoms in total. The molecule has 2 rings (SSSR count). The number of hydrogen-bond donors (Lipinski definition) is 2. The molecular weight excluding hydrogens is 297 g/mol. The third-order valence-corrected chi connectivity index (χ3v) is 2.99. The Kier molecular flexibility index (Phi) is 3.74. The lowest BCUT2D eigenvalue weighted by Crippen LogP contribution is -2.13. The highest BCUT2D eigenvalue weighted by Crippen LogP contribution is 2.27. The van der Waals surface area contributed by atoms with Crippen molar-refractivity contribution in [3.05, 3.63) is 39.8 Å².